The molecule has 1 saturated heterocycles. The summed E-state index contributed by atoms with van der Waals surface area (Å²) in [7, 11) is 0. The highest BCUT2D eigenvalue weighted by Gasteiger charge is 2.32. The molecule has 2 nitrogen and oxygen atoms in total. The van der Waals surface area contributed by atoms with Crippen LogP contribution in [0, 0.1) is 23.5 Å². The third kappa shape index (κ3) is 3.11. The van der Waals surface area contributed by atoms with Gasteiger partial charge in [0, 0.05) is 31.2 Å². The molecule has 2 unspecified atom stereocenters. The molecule has 0 spiro atoms. The fourth-order valence-electron chi connectivity index (χ4n) is 2.83. The first-order valence-electron chi connectivity index (χ1n) is 7.35. The van der Waals surface area contributed by atoms with Crippen molar-refractivity contribution in [3.8, 4) is 0 Å². The number of nitrogens with one attached hydrogen (secondary N) is 1. The van der Waals surface area contributed by atoms with E-state index >= 15 is 0 Å². The molecular formula is C16H24F2N2. The van der Waals surface area contributed by atoms with Crippen LogP contribution in [0.5, 0.6) is 0 Å². The van der Waals surface area contributed by atoms with Crippen LogP contribution in [0.1, 0.15) is 27.7 Å². The van der Waals surface area contributed by atoms with Gasteiger partial charge in [-0.15, -0.1) is 0 Å². The molecule has 0 aliphatic carbocycles. The van der Waals surface area contributed by atoms with Gasteiger partial charge in [-0.25, -0.2) is 8.78 Å². The standard InChI is InChI=1S/C16H24F2N2/c1-10(2)14-9-20(16(8-19-14)11(3)4)15-6-5-12(17)7-13(15)18/h5-7,10-11,14,16,19H,8-9H2,1-4H3. The Hall–Kier alpha value is -1.16. The van der Waals surface area contributed by atoms with Crippen molar-refractivity contribution >= 4 is 5.69 Å². The SMILES string of the molecule is CC(C)C1CN(c2ccc(F)cc2F)C(C(C)C)CN1. The molecule has 1 fully saturated rings. The summed E-state index contributed by atoms with van der Waals surface area (Å²) in [6.45, 7) is 10.2. The molecule has 20 heavy (non-hydrogen) atoms. The number of piperazine rings is 1. The number of anilines is 1. The van der Waals surface area contributed by atoms with E-state index in [4.69, 9.17) is 0 Å². The highest BCUT2D eigenvalue weighted by atomic mass is 19.1. The van der Waals surface area contributed by atoms with Gasteiger partial charge in [-0.1, -0.05) is 27.7 Å². The number of rotatable bonds is 3. The molecule has 0 bridgehead atoms. The van der Waals surface area contributed by atoms with Crippen molar-refractivity contribution in [2.75, 3.05) is 18.0 Å². The number of hydrogen-bond donors (Lipinski definition) is 1. The summed E-state index contributed by atoms with van der Waals surface area (Å²) in [5, 5.41) is 3.54. The lowest BCUT2D eigenvalue weighted by Gasteiger charge is -2.45. The predicted octanol–water partition coefficient (Wildman–Crippen LogP) is 3.42. The zero-order valence-corrected chi connectivity index (χ0v) is 12.7. The smallest absolute Gasteiger partial charge is 0.149 e. The molecule has 1 aliphatic rings. The molecule has 1 N–H and O–H groups in total. The van der Waals surface area contributed by atoms with Crippen LogP contribution in [-0.2, 0) is 0 Å². The fraction of sp³-hybridized carbons (Fsp3) is 0.625. The molecule has 0 aromatic heterocycles. The minimum Gasteiger partial charge on any atom is -0.363 e. The quantitative estimate of drug-likeness (QED) is 0.914. The van der Waals surface area contributed by atoms with Gasteiger partial charge in [-0.3, -0.25) is 0 Å². The van der Waals surface area contributed by atoms with Crippen LogP contribution in [-0.4, -0.2) is 25.2 Å². The Morgan fingerprint density at radius 3 is 2.40 bits per heavy atom. The highest BCUT2D eigenvalue weighted by Crippen LogP contribution is 2.28. The molecule has 2 rings (SSSR count). The Labute approximate surface area is 120 Å². The molecule has 1 aliphatic heterocycles. The summed E-state index contributed by atoms with van der Waals surface area (Å²) < 4.78 is 27.2. The summed E-state index contributed by atoms with van der Waals surface area (Å²) in [6.07, 6.45) is 0. The number of nitrogens with zero attached hydrogens (tertiary/aromatic N) is 1. The first-order valence-corrected chi connectivity index (χ1v) is 7.35. The van der Waals surface area contributed by atoms with Crippen molar-refractivity contribution in [2.45, 2.75) is 39.8 Å². The van der Waals surface area contributed by atoms with Gasteiger partial charge in [0.1, 0.15) is 11.6 Å². The topological polar surface area (TPSA) is 15.3 Å². The Morgan fingerprint density at radius 2 is 1.85 bits per heavy atom. The van der Waals surface area contributed by atoms with Crippen LogP contribution in [0.25, 0.3) is 0 Å². The van der Waals surface area contributed by atoms with Crippen LogP contribution in [0.2, 0.25) is 0 Å². The van der Waals surface area contributed by atoms with Crippen molar-refractivity contribution in [3.05, 3.63) is 29.8 Å². The van der Waals surface area contributed by atoms with E-state index in [1.807, 2.05) is 0 Å². The molecule has 4 heteroatoms. The van der Waals surface area contributed by atoms with E-state index < -0.39 is 11.6 Å². The van der Waals surface area contributed by atoms with Crippen LogP contribution < -0.4 is 10.2 Å². The summed E-state index contributed by atoms with van der Waals surface area (Å²) in [4.78, 5) is 2.10. The maximum Gasteiger partial charge on any atom is 0.149 e. The molecule has 0 radical (unpaired) electrons. The van der Waals surface area contributed by atoms with E-state index in [0.717, 1.165) is 19.2 Å². The molecule has 1 aromatic carbocycles. The predicted molar refractivity (Wildman–Crippen MR) is 79.0 cm³/mol. The van der Waals surface area contributed by atoms with E-state index in [9.17, 15) is 8.78 Å². The van der Waals surface area contributed by atoms with Crippen molar-refractivity contribution in [2.24, 2.45) is 11.8 Å². The van der Waals surface area contributed by atoms with Crippen LogP contribution in [0.3, 0.4) is 0 Å². The third-order valence-corrected chi connectivity index (χ3v) is 4.18. The maximum absolute atomic E-state index is 14.1. The van der Waals surface area contributed by atoms with Gasteiger partial charge in [-0.05, 0) is 24.0 Å². The molecule has 2 atom stereocenters. The summed E-state index contributed by atoms with van der Waals surface area (Å²) in [5.41, 5.74) is 0.511. The van der Waals surface area contributed by atoms with Crippen molar-refractivity contribution in [3.63, 3.8) is 0 Å². The van der Waals surface area contributed by atoms with Crippen molar-refractivity contribution < 1.29 is 8.78 Å². The Balaban J connectivity index is 2.31. The van der Waals surface area contributed by atoms with Gasteiger partial charge in [0.2, 0.25) is 0 Å². The summed E-state index contributed by atoms with van der Waals surface area (Å²) >= 11 is 0. The summed E-state index contributed by atoms with van der Waals surface area (Å²) in [6, 6.07) is 4.42. The number of hydrogen-bond acceptors (Lipinski definition) is 2. The Morgan fingerprint density at radius 1 is 1.15 bits per heavy atom. The zero-order valence-electron chi connectivity index (χ0n) is 12.7. The van der Waals surface area contributed by atoms with E-state index in [-0.39, 0.29) is 6.04 Å². The molecule has 112 valence electrons. The monoisotopic (exact) mass is 282 g/mol. The molecule has 0 amide bonds. The lowest BCUT2D eigenvalue weighted by Crippen LogP contribution is -2.60. The third-order valence-electron chi connectivity index (χ3n) is 4.18. The molecule has 0 saturated carbocycles. The van der Waals surface area contributed by atoms with E-state index in [1.165, 1.54) is 6.07 Å². The van der Waals surface area contributed by atoms with Gasteiger partial charge in [0.15, 0.2) is 0 Å². The lowest BCUT2D eigenvalue weighted by atomic mass is 9.93. The fourth-order valence-corrected chi connectivity index (χ4v) is 2.83. The van der Waals surface area contributed by atoms with Crippen LogP contribution in [0.15, 0.2) is 18.2 Å². The Bertz CT molecular complexity index is 460. The summed E-state index contributed by atoms with van der Waals surface area (Å²) in [5.74, 6) is -0.114. The second-order valence-corrected chi connectivity index (χ2v) is 6.32. The van der Waals surface area contributed by atoms with Gasteiger partial charge in [0.25, 0.3) is 0 Å². The normalized spacial score (nSPS) is 23.7. The lowest BCUT2D eigenvalue weighted by molar-refractivity contribution is 0.293. The van der Waals surface area contributed by atoms with Gasteiger partial charge in [0.05, 0.1) is 5.69 Å². The van der Waals surface area contributed by atoms with Gasteiger partial charge >= 0.3 is 0 Å². The van der Waals surface area contributed by atoms with E-state index in [1.54, 1.807) is 6.07 Å². The van der Waals surface area contributed by atoms with Crippen molar-refractivity contribution in [1.82, 2.24) is 5.32 Å². The largest absolute Gasteiger partial charge is 0.363 e. The highest BCUT2D eigenvalue weighted by molar-refractivity contribution is 5.50. The first kappa shape index (κ1) is 15.2. The Kier molecular flexibility index (Phi) is 4.63. The molecule has 1 aromatic rings. The van der Waals surface area contributed by atoms with Gasteiger partial charge in [-0.2, -0.15) is 0 Å². The zero-order chi connectivity index (χ0) is 14.9. The van der Waals surface area contributed by atoms with Crippen LogP contribution >= 0.6 is 0 Å². The average molecular weight is 282 g/mol. The second kappa shape index (κ2) is 6.08. The van der Waals surface area contributed by atoms with Crippen molar-refractivity contribution in [1.29, 1.82) is 0 Å². The average Bonchev–Trinajstić information content (AvgIpc) is 2.37. The minimum atomic E-state index is -0.525. The maximum atomic E-state index is 14.1. The molecule has 1 heterocycles. The molecular weight excluding hydrogens is 258 g/mol. The second-order valence-electron chi connectivity index (χ2n) is 6.32. The van der Waals surface area contributed by atoms with E-state index in [2.05, 4.69) is 37.9 Å². The number of benzene rings is 1. The van der Waals surface area contributed by atoms with E-state index in [0.29, 0.717) is 23.6 Å². The minimum absolute atomic E-state index is 0.227. The van der Waals surface area contributed by atoms with Gasteiger partial charge < -0.3 is 10.2 Å². The van der Waals surface area contributed by atoms with Crippen LogP contribution in [0.4, 0.5) is 14.5 Å². The number of halogens is 2. The first-order chi connectivity index (χ1) is 9.40.